The summed E-state index contributed by atoms with van der Waals surface area (Å²) in [6, 6.07) is 6.64. The molecule has 3 aliphatic rings. The molecular weight excluding hydrogens is 392 g/mol. The van der Waals surface area contributed by atoms with E-state index in [0.717, 1.165) is 55.6 Å². The highest BCUT2D eigenvalue weighted by Crippen LogP contribution is 2.39. The van der Waals surface area contributed by atoms with Crippen molar-refractivity contribution >= 4 is 11.6 Å². The predicted octanol–water partition coefficient (Wildman–Crippen LogP) is 3.55. The first-order valence-electron chi connectivity index (χ1n) is 11.8. The Labute approximate surface area is 186 Å². The number of rotatable bonds is 8. The van der Waals surface area contributed by atoms with Crippen molar-refractivity contribution in [2.45, 2.75) is 76.2 Å². The van der Waals surface area contributed by atoms with Gasteiger partial charge in [-0.05, 0) is 62.6 Å². The van der Waals surface area contributed by atoms with Crippen LogP contribution in [0.25, 0.3) is 0 Å². The van der Waals surface area contributed by atoms with E-state index in [1.54, 1.807) is 14.2 Å². The van der Waals surface area contributed by atoms with E-state index in [0.29, 0.717) is 38.4 Å². The molecule has 0 spiro atoms. The molecular formula is C25H38N2O4. The molecule has 1 aliphatic carbocycles. The molecule has 1 aromatic carbocycles. The Morgan fingerprint density at radius 1 is 1.03 bits per heavy atom. The number of anilines is 1. The molecule has 6 heteroatoms. The number of nitrogens with zero attached hydrogens (tertiary/aromatic N) is 2. The normalized spacial score (nSPS) is 27.6. The van der Waals surface area contributed by atoms with Crippen LogP contribution in [0.5, 0.6) is 0 Å². The third-order valence-corrected chi connectivity index (χ3v) is 7.57. The summed E-state index contributed by atoms with van der Waals surface area (Å²) in [5.74, 6) is 0.253. The van der Waals surface area contributed by atoms with Crippen LogP contribution in [0.4, 0.5) is 5.69 Å². The Morgan fingerprint density at radius 2 is 1.77 bits per heavy atom. The van der Waals surface area contributed by atoms with Crippen molar-refractivity contribution in [1.82, 2.24) is 4.90 Å². The molecule has 0 bridgehead atoms. The second-order valence-electron chi connectivity index (χ2n) is 9.61. The molecule has 1 aromatic rings. The third-order valence-electron chi connectivity index (χ3n) is 7.57. The van der Waals surface area contributed by atoms with Gasteiger partial charge in [0.15, 0.2) is 0 Å². The Balaban J connectivity index is 1.33. The second kappa shape index (κ2) is 9.99. The summed E-state index contributed by atoms with van der Waals surface area (Å²) >= 11 is 0. The predicted molar refractivity (Wildman–Crippen MR) is 121 cm³/mol. The van der Waals surface area contributed by atoms with Crippen LogP contribution in [0.15, 0.2) is 18.2 Å². The highest BCUT2D eigenvalue weighted by atomic mass is 16.5. The smallest absolute Gasteiger partial charge is 0.231 e. The minimum atomic E-state index is 0.253. The monoisotopic (exact) mass is 430 g/mol. The number of fused-ring (bicyclic) bond motifs is 1. The Morgan fingerprint density at radius 3 is 2.45 bits per heavy atom. The van der Waals surface area contributed by atoms with Crippen molar-refractivity contribution in [2.24, 2.45) is 0 Å². The maximum absolute atomic E-state index is 12.8. The number of likely N-dealkylation sites (tertiary alicyclic amines) is 1. The molecule has 0 unspecified atom stereocenters. The van der Waals surface area contributed by atoms with Gasteiger partial charge >= 0.3 is 0 Å². The van der Waals surface area contributed by atoms with Crippen molar-refractivity contribution in [2.75, 3.05) is 45.4 Å². The van der Waals surface area contributed by atoms with Gasteiger partial charge in [0.05, 0.1) is 32.3 Å². The Kier molecular flexibility index (Phi) is 7.32. The van der Waals surface area contributed by atoms with Crippen LogP contribution in [-0.2, 0) is 32.0 Å². The lowest BCUT2D eigenvalue weighted by molar-refractivity contribution is -0.118. The molecule has 1 saturated heterocycles. The van der Waals surface area contributed by atoms with Gasteiger partial charge in [-0.2, -0.15) is 0 Å². The van der Waals surface area contributed by atoms with Gasteiger partial charge in [0.25, 0.3) is 0 Å². The first-order valence-corrected chi connectivity index (χ1v) is 11.8. The first-order chi connectivity index (χ1) is 15.0. The molecule has 2 fully saturated rings. The van der Waals surface area contributed by atoms with Crippen molar-refractivity contribution < 1.29 is 19.0 Å². The standard InChI is InChI=1S/C25H38N2O4/c1-25(10-6-22(7-11-25)31-15-14-29-2)26-12-8-21(9-13-26)27-23-16-19(18-30-3)4-5-20(23)17-24(27)28/h4-5,16,21-22H,6-15,17-18H2,1-3H3. The number of amides is 1. The SMILES string of the molecule is COCCOC1CCC(C)(N2CCC(N3C(=O)Cc4ccc(COC)cc43)CC2)CC1. The Bertz CT molecular complexity index is 752. The largest absolute Gasteiger partial charge is 0.382 e. The topological polar surface area (TPSA) is 51.2 Å². The van der Waals surface area contributed by atoms with Crippen LogP contribution in [0, 0.1) is 0 Å². The van der Waals surface area contributed by atoms with E-state index in [4.69, 9.17) is 14.2 Å². The molecule has 1 saturated carbocycles. The number of carbonyl (C=O) groups excluding carboxylic acids is 1. The summed E-state index contributed by atoms with van der Waals surface area (Å²) < 4.78 is 16.4. The Hall–Kier alpha value is -1.47. The molecule has 0 N–H and O–H groups in total. The van der Waals surface area contributed by atoms with Crippen LogP contribution in [0.2, 0.25) is 0 Å². The fraction of sp³-hybridized carbons (Fsp3) is 0.720. The van der Waals surface area contributed by atoms with Gasteiger partial charge < -0.3 is 19.1 Å². The van der Waals surface area contributed by atoms with E-state index >= 15 is 0 Å². The molecule has 2 aliphatic heterocycles. The van der Waals surface area contributed by atoms with Gasteiger partial charge in [-0.3, -0.25) is 9.69 Å². The second-order valence-corrected chi connectivity index (χ2v) is 9.61. The van der Waals surface area contributed by atoms with Crippen molar-refractivity contribution in [3.63, 3.8) is 0 Å². The molecule has 0 aromatic heterocycles. The number of hydrogen-bond donors (Lipinski definition) is 0. The fourth-order valence-electron chi connectivity index (χ4n) is 5.68. The van der Waals surface area contributed by atoms with E-state index in [-0.39, 0.29) is 11.4 Å². The van der Waals surface area contributed by atoms with E-state index in [1.807, 2.05) is 0 Å². The number of methoxy groups -OCH3 is 2. The van der Waals surface area contributed by atoms with E-state index in [9.17, 15) is 4.79 Å². The van der Waals surface area contributed by atoms with Crippen LogP contribution in [0.1, 0.15) is 56.6 Å². The summed E-state index contributed by atoms with van der Waals surface area (Å²) in [5.41, 5.74) is 3.66. The molecule has 0 atom stereocenters. The number of benzene rings is 1. The molecule has 1 amide bonds. The first kappa shape index (κ1) is 22.7. The van der Waals surface area contributed by atoms with Crippen LogP contribution < -0.4 is 4.90 Å². The van der Waals surface area contributed by atoms with E-state index in [2.05, 4.69) is 34.9 Å². The molecule has 172 valence electrons. The van der Waals surface area contributed by atoms with E-state index in [1.165, 1.54) is 12.8 Å². The molecule has 6 nitrogen and oxygen atoms in total. The number of ether oxygens (including phenoxy) is 3. The van der Waals surface area contributed by atoms with Crippen LogP contribution >= 0.6 is 0 Å². The van der Waals surface area contributed by atoms with Crippen molar-refractivity contribution in [3.8, 4) is 0 Å². The maximum Gasteiger partial charge on any atom is 0.231 e. The molecule has 0 radical (unpaired) electrons. The summed E-state index contributed by atoms with van der Waals surface area (Å²) in [7, 11) is 3.43. The van der Waals surface area contributed by atoms with Crippen LogP contribution in [-0.4, -0.2) is 69.0 Å². The van der Waals surface area contributed by atoms with Gasteiger partial charge in [0.2, 0.25) is 5.91 Å². The van der Waals surface area contributed by atoms with Gasteiger partial charge in [0.1, 0.15) is 0 Å². The van der Waals surface area contributed by atoms with Crippen LogP contribution in [0.3, 0.4) is 0 Å². The number of hydrogen-bond acceptors (Lipinski definition) is 5. The minimum absolute atomic E-state index is 0.253. The average molecular weight is 431 g/mol. The number of piperidine rings is 1. The zero-order valence-corrected chi connectivity index (χ0v) is 19.4. The quantitative estimate of drug-likeness (QED) is 0.591. The highest BCUT2D eigenvalue weighted by molar-refractivity contribution is 6.02. The van der Waals surface area contributed by atoms with Crippen molar-refractivity contribution in [3.05, 3.63) is 29.3 Å². The molecule has 31 heavy (non-hydrogen) atoms. The lowest BCUT2D eigenvalue weighted by Crippen LogP contribution is -2.55. The summed E-state index contributed by atoms with van der Waals surface area (Å²) in [4.78, 5) is 17.6. The third kappa shape index (κ3) is 4.98. The lowest BCUT2D eigenvalue weighted by atomic mass is 9.79. The maximum atomic E-state index is 12.8. The molecule has 2 heterocycles. The van der Waals surface area contributed by atoms with Crippen molar-refractivity contribution in [1.29, 1.82) is 0 Å². The minimum Gasteiger partial charge on any atom is -0.382 e. The lowest BCUT2D eigenvalue weighted by Gasteiger charge is -2.49. The number of carbonyl (C=O) groups is 1. The van der Waals surface area contributed by atoms with E-state index < -0.39 is 0 Å². The highest BCUT2D eigenvalue weighted by Gasteiger charge is 2.41. The zero-order valence-electron chi connectivity index (χ0n) is 19.4. The summed E-state index contributed by atoms with van der Waals surface area (Å²) in [5, 5.41) is 0. The fourth-order valence-corrected chi connectivity index (χ4v) is 5.68. The van der Waals surface area contributed by atoms with Gasteiger partial charge in [0, 0.05) is 44.6 Å². The molecule has 4 rings (SSSR count). The van der Waals surface area contributed by atoms with Gasteiger partial charge in [-0.1, -0.05) is 12.1 Å². The van der Waals surface area contributed by atoms with Gasteiger partial charge in [-0.15, -0.1) is 0 Å². The average Bonchev–Trinajstić information content (AvgIpc) is 3.11. The summed E-state index contributed by atoms with van der Waals surface area (Å²) in [6.45, 7) is 6.50. The van der Waals surface area contributed by atoms with Gasteiger partial charge in [-0.25, -0.2) is 0 Å². The zero-order chi connectivity index (χ0) is 21.8. The summed E-state index contributed by atoms with van der Waals surface area (Å²) in [6.07, 6.45) is 7.61.